The molecule has 1 aliphatic rings. The Hall–Kier alpha value is -3.00. The highest BCUT2D eigenvalue weighted by Crippen LogP contribution is 2.35. The van der Waals surface area contributed by atoms with E-state index < -0.39 is 16.1 Å². The number of benzene rings is 2. The van der Waals surface area contributed by atoms with Gasteiger partial charge in [-0.15, -0.1) is 0 Å². The van der Waals surface area contributed by atoms with Crippen molar-refractivity contribution in [3.63, 3.8) is 0 Å². The first kappa shape index (κ1) is 17.4. The van der Waals surface area contributed by atoms with Crippen molar-refractivity contribution in [3.8, 4) is 5.75 Å². The first-order valence-corrected chi connectivity index (χ1v) is 10.2. The minimum Gasteiger partial charge on any atom is -0.497 e. The fourth-order valence-corrected chi connectivity index (χ4v) is 4.11. The zero-order valence-corrected chi connectivity index (χ0v) is 15.7. The highest BCUT2D eigenvalue weighted by Gasteiger charge is 2.34. The van der Waals surface area contributed by atoms with Crippen LogP contribution in [0.1, 0.15) is 23.6 Å². The Bertz CT molecular complexity index is 1140. The standard InChI is InChI=1S/C19H18N4O3S/c1-26-15-5-3-4-13(10-15)17-12-19(23(22-17)27(2,24)25)14-6-7-16-18(11-14)21-9-8-20-16/h3-11,19H,12H2,1-2H3. The largest absolute Gasteiger partial charge is 0.497 e. The Morgan fingerprint density at radius 3 is 2.59 bits per heavy atom. The molecule has 0 spiro atoms. The van der Waals surface area contributed by atoms with Crippen molar-refractivity contribution in [1.29, 1.82) is 0 Å². The van der Waals surface area contributed by atoms with E-state index in [0.29, 0.717) is 17.9 Å². The molecule has 0 bridgehead atoms. The first-order chi connectivity index (χ1) is 13.0. The molecule has 27 heavy (non-hydrogen) atoms. The van der Waals surface area contributed by atoms with Gasteiger partial charge in [0.25, 0.3) is 0 Å². The summed E-state index contributed by atoms with van der Waals surface area (Å²) >= 11 is 0. The topological polar surface area (TPSA) is 84.8 Å². The molecule has 7 nitrogen and oxygen atoms in total. The summed E-state index contributed by atoms with van der Waals surface area (Å²) in [6.07, 6.45) is 4.88. The summed E-state index contributed by atoms with van der Waals surface area (Å²) < 4.78 is 31.1. The van der Waals surface area contributed by atoms with Crippen LogP contribution in [-0.2, 0) is 10.0 Å². The van der Waals surface area contributed by atoms with Crippen LogP contribution in [0, 0.1) is 0 Å². The highest BCUT2D eigenvalue weighted by atomic mass is 32.2. The molecule has 0 radical (unpaired) electrons. The maximum atomic E-state index is 12.3. The Morgan fingerprint density at radius 1 is 1.07 bits per heavy atom. The third kappa shape index (κ3) is 3.35. The van der Waals surface area contributed by atoms with Gasteiger partial charge in [0.05, 0.1) is 36.2 Å². The van der Waals surface area contributed by atoms with Gasteiger partial charge in [0.1, 0.15) is 5.75 Å². The Kier molecular flexibility index (Phi) is 4.27. The monoisotopic (exact) mass is 382 g/mol. The van der Waals surface area contributed by atoms with Gasteiger partial charge in [-0.3, -0.25) is 9.97 Å². The van der Waals surface area contributed by atoms with Crippen LogP contribution < -0.4 is 4.74 Å². The lowest BCUT2D eigenvalue weighted by Crippen LogP contribution is -2.25. The van der Waals surface area contributed by atoms with Gasteiger partial charge in [0.15, 0.2) is 0 Å². The summed E-state index contributed by atoms with van der Waals surface area (Å²) in [6, 6.07) is 12.6. The molecule has 1 unspecified atom stereocenters. The van der Waals surface area contributed by atoms with E-state index in [1.54, 1.807) is 19.5 Å². The van der Waals surface area contributed by atoms with E-state index >= 15 is 0 Å². The number of hydrogen-bond donors (Lipinski definition) is 0. The van der Waals surface area contributed by atoms with Crippen LogP contribution in [0.3, 0.4) is 0 Å². The smallest absolute Gasteiger partial charge is 0.247 e. The third-order valence-electron chi connectivity index (χ3n) is 4.49. The van der Waals surface area contributed by atoms with Crippen molar-refractivity contribution >= 4 is 26.8 Å². The van der Waals surface area contributed by atoms with Gasteiger partial charge in [0.2, 0.25) is 10.0 Å². The number of methoxy groups -OCH3 is 1. The fourth-order valence-electron chi connectivity index (χ4n) is 3.21. The molecule has 0 saturated heterocycles. The normalized spacial score (nSPS) is 17.2. The summed E-state index contributed by atoms with van der Waals surface area (Å²) in [6.45, 7) is 0. The van der Waals surface area contributed by atoms with Crippen LogP contribution in [0.15, 0.2) is 60.0 Å². The van der Waals surface area contributed by atoms with E-state index in [2.05, 4.69) is 15.1 Å². The maximum absolute atomic E-state index is 12.3. The quantitative estimate of drug-likeness (QED) is 0.693. The van der Waals surface area contributed by atoms with Crippen LogP contribution in [0.5, 0.6) is 5.75 Å². The average molecular weight is 382 g/mol. The molecule has 2 heterocycles. The van der Waals surface area contributed by atoms with E-state index in [4.69, 9.17) is 4.74 Å². The number of hydrazone groups is 1. The molecule has 138 valence electrons. The summed E-state index contributed by atoms with van der Waals surface area (Å²) in [5.41, 5.74) is 3.85. The van der Waals surface area contributed by atoms with Crippen molar-refractivity contribution < 1.29 is 13.2 Å². The predicted molar refractivity (Wildman–Crippen MR) is 103 cm³/mol. The molecule has 1 aromatic heterocycles. The number of aromatic nitrogens is 2. The second kappa shape index (κ2) is 6.62. The first-order valence-electron chi connectivity index (χ1n) is 8.38. The lowest BCUT2D eigenvalue weighted by atomic mass is 9.98. The van der Waals surface area contributed by atoms with E-state index in [-0.39, 0.29) is 0 Å². The van der Waals surface area contributed by atoms with Crippen molar-refractivity contribution in [2.24, 2.45) is 5.10 Å². The molecule has 8 heteroatoms. The van der Waals surface area contributed by atoms with Crippen LogP contribution in [0.2, 0.25) is 0 Å². The SMILES string of the molecule is COc1cccc(C2=NN(S(C)(=O)=O)C(c3ccc4nccnc4c3)C2)c1. The molecule has 0 aliphatic carbocycles. The van der Waals surface area contributed by atoms with Crippen molar-refractivity contribution in [1.82, 2.24) is 14.4 Å². The van der Waals surface area contributed by atoms with Crippen LogP contribution in [-0.4, -0.2) is 41.9 Å². The molecule has 0 fully saturated rings. The lowest BCUT2D eigenvalue weighted by Gasteiger charge is -2.21. The minimum atomic E-state index is -3.53. The fraction of sp³-hybridized carbons (Fsp3) is 0.211. The molecular formula is C19H18N4O3S. The van der Waals surface area contributed by atoms with Gasteiger partial charge in [-0.05, 0) is 29.8 Å². The molecule has 2 aromatic carbocycles. The van der Waals surface area contributed by atoms with Crippen molar-refractivity contribution in [2.75, 3.05) is 13.4 Å². The van der Waals surface area contributed by atoms with Gasteiger partial charge in [-0.1, -0.05) is 18.2 Å². The van der Waals surface area contributed by atoms with Crippen LogP contribution in [0.25, 0.3) is 11.0 Å². The molecule has 4 rings (SSSR count). The minimum absolute atomic E-state index is 0.424. The molecule has 3 aromatic rings. The van der Waals surface area contributed by atoms with Crippen molar-refractivity contribution in [3.05, 3.63) is 66.0 Å². The number of rotatable bonds is 4. The van der Waals surface area contributed by atoms with Gasteiger partial charge in [-0.25, -0.2) is 8.42 Å². The van der Waals surface area contributed by atoms with Crippen LogP contribution in [0.4, 0.5) is 0 Å². The molecule has 0 N–H and O–H groups in total. The Labute approximate surface area is 157 Å². The van der Waals surface area contributed by atoms with E-state index in [0.717, 1.165) is 22.2 Å². The van der Waals surface area contributed by atoms with Crippen LogP contribution >= 0.6 is 0 Å². The number of nitrogens with zero attached hydrogens (tertiary/aromatic N) is 4. The zero-order chi connectivity index (χ0) is 19.0. The number of sulfonamides is 1. The molecule has 0 saturated carbocycles. The number of ether oxygens (including phenoxy) is 1. The van der Waals surface area contributed by atoms with E-state index in [1.807, 2.05) is 42.5 Å². The lowest BCUT2D eigenvalue weighted by molar-refractivity contribution is 0.375. The summed E-state index contributed by atoms with van der Waals surface area (Å²) in [4.78, 5) is 8.58. The predicted octanol–water partition coefficient (Wildman–Crippen LogP) is 2.75. The summed E-state index contributed by atoms with van der Waals surface area (Å²) in [5, 5.41) is 4.41. The van der Waals surface area contributed by atoms with Gasteiger partial charge < -0.3 is 4.74 Å². The Balaban J connectivity index is 1.76. The summed E-state index contributed by atoms with van der Waals surface area (Å²) in [5.74, 6) is 0.700. The number of fused-ring (bicyclic) bond motifs is 1. The Morgan fingerprint density at radius 2 is 1.85 bits per heavy atom. The van der Waals surface area contributed by atoms with E-state index in [9.17, 15) is 8.42 Å². The second-order valence-corrected chi connectivity index (χ2v) is 8.18. The van der Waals surface area contributed by atoms with Gasteiger partial charge in [-0.2, -0.15) is 9.52 Å². The van der Waals surface area contributed by atoms with E-state index in [1.165, 1.54) is 10.7 Å². The molecule has 1 atom stereocenters. The summed E-state index contributed by atoms with van der Waals surface area (Å²) in [7, 11) is -1.94. The number of hydrogen-bond acceptors (Lipinski definition) is 6. The third-order valence-corrected chi connectivity index (χ3v) is 5.51. The van der Waals surface area contributed by atoms with Crippen molar-refractivity contribution in [2.45, 2.75) is 12.5 Å². The molecular weight excluding hydrogens is 364 g/mol. The highest BCUT2D eigenvalue weighted by molar-refractivity contribution is 7.88. The average Bonchev–Trinajstić information content (AvgIpc) is 3.14. The zero-order valence-electron chi connectivity index (χ0n) is 14.9. The maximum Gasteiger partial charge on any atom is 0.247 e. The second-order valence-electron chi connectivity index (χ2n) is 6.34. The molecule has 1 aliphatic heterocycles. The van der Waals surface area contributed by atoms with Gasteiger partial charge in [0, 0.05) is 24.4 Å². The van der Waals surface area contributed by atoms with Gasteiger partial charge >= 0.3 is 0 Å². The molecule has 0 amide bonds.